The molecule has 0 bridgehead atoms. The van der Waals surface area contributed by atoms with Crippen molar-refractivity contribution in [1.29, 1.82) is 0 Å². The molecular weight excluding hydrogens is 532 g/mol. The summed E-state index contributed by atoms with van der Waals surface area (Å²) in [5.74, 6) is -0.409. The van der Waals surface area contributed by atoms with Crippen molar-refractivity contribution in [2.24, 2.45) is 0 Å². The molecule has 0 radical (unpaired) electrons. The Morgan fingerprint density at radius 3 is 2.18 bits per heavy atom. The number of benzene rings is 2. The molecule has 3 aromatic rings. The highest BCUT2D eigenvalue weighted by Crippen LogP contribution is 2.27. The summed E-state index contributed by atoms with van der Waals surface area (Å²) in [6.07, 6.45) is 0. The maximum absolute atomic E-state index is 13.0. The van der Waals surface area contributed by atoms with E-state index in [9.17, 15) is 13.2 Å². The molecule has 1 N–H and O–H groups in total. The zero-order valence-electron chi connectivity index (χ0n) is 18.0. The molecule has 0 spiro atoms. The van der Waals surface area contributed by atoms with Gasteiger partial charge in [-0.15, -0.1) is 10.2 Å². The maximum atomic E-state index is 13.0. The smallest absolute Gasteiger partial charge is 0.257 e. The summed E-state index contributed by atoms with van der Waals surface area (Å²) in [4.78, 5) is 12.7. The Balaban J connectivity index is 1.70. The van der Waals surface area contributed by atoms with E-state index in [0.29, 0.717) is 15.7 Å². The normalized spacial score (nSPS) is 11.6. The van der Waals surface area contributed by atoms with E-state index < -0.39 is 15.9 Å². The van der Waals surface area contributed by atoms with Crippen molar-refractivity contribution < 1.29 is 22.7 Å². The molecule has 12 heteroatoms. The molecule has 2 aromatic carbocycles. The second kappa shape index (κ2) is 11.8. The number of sulfonamides is 1. The maximum Gasteiger partial charge on any atom is 0.257 e. The van der Waals surface area contributed by atoms with Crippen LogP contribution in [0.15, 0.2) is 57.9 Å². The molecule has 3 rings (SSSR count). The highest BCUT2D eigenvalue weighted by Gasteiger charge is 2.24. The third kappa shape index (κ3) is 6.65. The van der Waals surface area contributed by atoms with Gasteiger partial charge in [0.2, 0.25) is 15.2 Å². The number of carbonyl (C=O) groups is 1. The number of rotatable bonds is 11. The van der Waals surface area contributed by atoms with Crippen LogP contribution in [0.1, 0.15) is 10.4 Å². The van der Waals surface area contributed by atoms with Crippen LogP contribution in [0.3, 0.4) is 0 Å². The number of halogens is 1. The fourth-order valence-electron chi connectivity index (χ4n) is 2.82. The van der Waals surface area contributed by atoms with Crippen molar-refractivity contribution in [2.75, 3.05) is 45.8 Å². The van der Waals surface area contributed by atoms with E-state index in [1.54, 1.807) is 0 Å². The second-order valence-electron chi connectivity index (χ2n) is 6.79. The molecule has 0 aliphatic rings. The Hall–Kier alpha value is -2.22. The van der Waals surface area contributed by atoms with Gasteiger partial charge in [-0.3, -0.25) is 10.1 Å². The Morgan fingerprint density at radius 2 is 1.61 bits per heavy atom. The highest BCUT2D eigenvalue weighted by atomic mass is 79.9. The molecule has 1 aromatic heterocycles. The van der Waals surface area contributed by atoms with Crippen molar-refractivity contribution in [2.45, 2.75) is 4.90 Å². The standard InChI is InChI=1S/C21H23BrN4O5S2/c1-30-13-11-26(12-14-31-2)33(28,29)18-9-5-15(6-10-18)19(27)23-21-25-24-20(32-21)16-3-7-17(22)8-4-16/h3-10H,11-14H2,1-2H3,(H,23,25,27). The van der Waals surface area contributed by atoms with E-state index in [1.165, 1.54) is 54.1 Å². The molecule has 0 saturated heterocycles. The number of nitrogens with zero attached hydrogens (tertiary/aromatic N) is 3. The molecule has 0 fully saturated rings. The predicted octanol–water partition coefficient (Wildman–Crippen LogP) is 3.50. The molecule has 176 valence electrons. The molecular formula is C21H23BrN4O5S2. The monoisotopic (exact) mass is 554 g/mol. The summed E-state index contributed by atoms with van der Waals surface area (Å²) in [6, 6.07) is 13.3. The van der Waals surface area contributed by atoms with Gasteiger partial charge in [0.15, 0.2) is 0 Å². The zero-order valence-corrected chi connectivity index (χ0v) is 21.2. The van der Waals surface area contributed by atoms with Crippen LogP contribution < -0.4 is 5.32 Å². The molecule has 0 unspecified atom stereocenters. The predicted molar refractivity (Wildman–Crippen MR) is 130 cm³/mol. The van der Waals surface area contributed by atoms with Crippen molar-refractivity contribution in [3.05, 3.63) is 58.6 Å². The van der Waals surface area contributed by atoms with Crippen LogP contribution >= 0.6 is 27.3 Å². The third-order valence-corrected chi connectivity index (χ3v) is 7.91. The minimum atomic E-state index is -3.76. The first-order valence-electron chi connectivity index (χ1n) is 9.84. The van der Waals surface area contributed by atoms with E-state index in [0.717, 1.165) is 10.0 Å². The highest BCUT2D eigenvalue weighted by molar-refractivity contribution is 9.10. The Labute approximate surface area is 204 Å². The lowest BCUT2D eigenvalue weighted by molar-refractivity contribution is 0.102. The Bertz CT molecular complexity index is 1160. The molecule has 9 nitrogen and oxygen atoms in total. The Morgan fingerprint density at radius 1 is 1.00 bits per heavy atom. The van der Waals surface area contributed by atoms with Gasteiger partial charge in [-0.2, -0.15) is 4.31 Å². The lowest BCUT2D eigenvalue weighted by atomic mass is 10.2. The summed E-state index contributed by atoms with van der Waals surface area (Å²) in [7, 11) is -0.743. The van der Waals surface area contributed by atoms with Crippen molar-refractivity contribution in [3.8, 4) is 10.6 Å². The molecule has 1 heterocycles. The third-order valence-electron chi connectivity index (χ3n) is 4.58. The fraction of sp³-hybridized carbons (Fsp3) is 0.286. The van der Waals surface area contributed by atoms with Gasteiger partial charge in [0, 0.05) is 42.9 Å². The van der Waals surface area contributed by atoms with Gasteiger partial charge in [-0.25, -0.2) is 8.42 Å². The Kier molecular flexibility index (Phi) is 9.06. The summed E-state index contributed by atoms with van der Waals surface area (Å²) in [6.45, 7) is 0.908. The van der Waals surface area contributed by atoms with Crippen molar-refractivity contribution in [1.82, 2.24) is 14.5 Å². The number of aromatic nitrogens is 2. The van der Waals surface area contributed by atoms with Gasteiger partial charge < -0.3 is 9.47 Å². The van der Waals surface area contributed by atoms with E-state index in [4.69, 9.17) is 9.47 Å². The van der Waals surface area contributed by atoms with Gasteiger partial charge in [0.25, 0.3) is 5.91 Å². The van der Waals surface area contributed by atoms with Crippen LogP contribution in [0.5, 0.6) is 0 Å². The molecule has 0 aliphatic heterocycles. The number of carbonyl (C=O) groups excluding carboxylic acids is 1. The zero-order chi connectivity index (χ0) is 23.8. The summed E-state index contributed by atoms with van der Waals surface area (Å²) >= 11 is 4.63. The van der Waals surface area contributed by atoms with Crippen LogP contribution in [-0.4, -0.2) is 69.4 Å². The first-order valence-corrected chi connectivity index (χ1v) is 12.9. The van der Waals surface area contributed by atoms with Gasteiger partial charge in [-0.05, 0) is 36.4 Å². The average molecular weight is 555 g/mol. The van der Waals surface area contributed by atoms with Crippen LogP contribution in [-0.2, 0) is 19.5 Å². The van der Waals surface area contributed by atoms with Crippen molar-refractivity contribution in [3.63, 3.8) is 0 Å². The fourth-order valence-corrected chi connectivity index (χ4v) is 5.23. The van der Waals surface area contributed by atoms with E-state index >= 15 is 0 Å². The SMILES string of the molecule is COCCN(CCOC)S(=O)(=O)c1ccc(C(=O)Nc2nnc(-c3ccc(Br)cc3)s2)cc1. The number of hydrogen-bond donors (Lipinski definition) is 1. The minimum Gasteiger partial charge on any atom is -0.383 e. The molecule has 33 heavy (non-hydrogen) atoms. The molecule has 0 atom stereocenters. The first kappa shape index (κ1) is 25.4. The number of anilines is 1. The number of amides is 1. The number of hydrogen-bond acceptors (Lipinski definition) is 8. The van der Waals surface area contributed by atoms with E-state index in [1.807, 2.05) is 24.3 Å². The van der Waals surface area contributed by atoms with E-state index in [-0.39, 0.29) is 31.2 Å². The van der Waals surface area contributed by atoms with Gasteiger partial charge in [-0.1, -0.05) is 39.4 Å². The lowest BCUT2D eigenvalue weighted by Gasteiger charge is -2.21. The largest absolute Gasteiger partial charge is 0.383 e. The first-order chi connectivity index (χ1) is 15.8. The number of methoxy groups -OCH3 is 2. The van der Waals surface area contributed by atoms with Gasteiger partial charge >= 0.3 is 0 Å². The van der Waals surface area contributed by atoms with Crippen LogP contribution in [0, 0.1) is 0 Å². The molecule has 1 amide bonds. The van der Waals surface area contributed by atoms with Crippen LogP contribution in [0.2, 0.25) is 0 Å². The molecule has 0 aliphatic carbocycles. The van der Waals surface area contributed by atoms with E-state index in [2.05, 4.69) is 31.4 Å². The lowest BCUT2D eigenvalue weighted by Crippen LogP contribution is -2.36. The van der Waals surface area contributed by atoms with Crippen LogP contribution in [0.25, 0.3) is 10.6 Å². The summed E-state index contributed by atoms with van der Waals surface area (Å²) in [5, 5.41) is 11.8. The minimum absolute atomic E-state index is 0.0831. The second-order valence-corrected chi connectivity index (χ2v) is 10.6. The summed E-state index contributed by atoms with van der Waals surface area (Å²) < 4.78 is 38.2. The van der Waals surface area contributed by atoms with Crippen molar-refractivity contribution >= 4 is 48.3 Å². The topological polar surface area (TPSA) is 111 Å². The molecule has 0 saturated carbocycles. The average Bonchev–Trinajstić information content (AvgIpc) is 3.28. The van der Waals surface area contributed by atoms with Crippen LogP contribution in [0.4, 0.5) is 5.13 Å². The van der Waals surface area contributed by atoms with Gasteiger partial charge in [0.1, 0.15) is 5.01 Å². The number of nitrogens with one attached hydrogen (secondary N) is 1. The number of ether oxygens (including phenoxy) is 2. The summed E-state index contributed by atoms with van der Waals surface area (Å²) in [5.41, 5.74) is 1.19. The quantitative estimate of drug-likeness (QED) is 0.386. The van der Waals surface area contributed by atoms with Gasteiger partial charge in [0.05, 0.1) is 18.1 Å².